The third-order valence-electron chi connectivity index (χ3n) is 3.62. The van der Waals surface area contributed by atoms with Crippen LogP contribution < -0.4 is 10.6 Å². The van der Waals surface area contributed by atoms with Gasteiger partial charge in [-0.25, -0.2) is 9.78 Å². The molecule has 1 aromatic heterocycles. The van der Waals surface area contributed by atoms with E-state index >= 15 is 0 Å². The number of pyridine rings is 1. The number of anilines is 1. The number of rotatable bonds is 5. The van der Waals surface area contributed by atoms with Gasteiger partial charge >= 0.3 is 17.8 Å². The summed E-state index contributed by atoms with van der Waals surface area (Å²) in [6.07, 6.45) is -4.00. The van der Waals surface area contributed by atoms with Crippen LogP contribution >= 0.6 is 23.2 Å². The van der Waals surface area contributed by atoms with E-state index in [1.807, 2.05) is 5.32 Å². The number of hydrogen-bond acceptors (Lipinski definition) is 5. The molecule has 0 fully saturated rings. The number of nitrogens with zero attached hydrogens (tertiary/aromatic N) is 1. The Kier molecular flexibility index (Phi) is 6.41. The zero-order chi connectivity index (χ0) is 21.1. The van der Waals surface area contributed by atoms with Crippen LogP contribution in [-0.2, 0) is 9.53 Å². The lowest BCUT2D eigenvalue weighted by Crippen LogP contribution is -2.69. The molecule has 0 saturated carbocycles. The minimum atomic E-state index is -5.29. The van der Waals surface area contributed by atoms with Gasteiger partial charge in [0.15, 0.2) is 0 Å². The number of carbonyl (C=O) groups excluding carboxylic acids is 2. The summed E-state index contributed by atoms with van der Waals surface area (Å²) in [6, 6.07) is 6.28. The Balaban J connectivity index is 2.51. The molecule has 0 bridgehead atoms. The van der Waals surface area contributed by atoms with E-state index in [9.17, 15) is 22.8 Å². The second-order valence-corrected chi connectivity index (χ2v) is 6.51. The number of carbonyl (C=O) groups is 2. The molecule has 0 radical (unpaired) electrons. The van der Waals surface area contributed by atoms with Gasteiger partial charge < -0.3 is 15.4 Å². The lowest BCUT2D eigenvalue weighted by atomic mass is 10.1. The Morgan fingerprint density at radius 2 is 1.82 bits per heavy atom. The molecule has 1 amide bonds. The molecule has 6 nitrogen and oxygen atoms in total. The van der Waals surface area contributed by atoms with E-state index in [4.69, 9.17) is 23.2 Å². The molecule has 2 aromatic rings. The number of methoxy groups -OCH3 is 1. The Labute approximate surface area is 168 Å². The van der Waals surface area contributed by atoms with Crippen molar-refractivity contribution >= 4 is 40.9 Å². The Morgan fingerprint density at radius 3 is 2.32 bits per heavy atom. The monoisotopic (exact) mass is 435 g/mol. The van der Waals surface area contributed by atoms with Crippen LogP contribution in [0.1, 0.15) is 15.9 Å². The number of ether oxygens (including phenoxy) is 1. The summed E-state index contributed by atoms with van der Waals surface area (Å²) >= 11 is 11.6. The highest BCUT2D eigenvalue weighted by Crippen LogP contribution is 2.33. The summed E-state index contributed by atoms with van der Waals surface area (Å²) in [5.41, 5.74) is -3.25. The molecule has 28 heavy (non-hydrogen) atoms. The second kappa shape index (κ2) is 8.24. The Morgan fingerprint density at radius 1 is 1.14 bits per heavy atom. The van der Waals surface area contributed by atoms with E-state index in [1.165, 1.54) is 30.5 Å². The number of amides is 1. The van der Waals surface area contributed by atoms with Gasteiger partial charge in [0.05, 0.1) is 17.7 Å². The second-order valence-electron chi connectivity index (χ2n) is 5.66. The fourth-order valence-corrected chi connectivity index (χ4v) is 2.68. The highest BCUT2D eigenvalue weighted by molar-refractivity contribution is 6.36. The molecule has 150 valence electrons. The average Bonchev–Trinajstić information content (AvgIpc) is 2.61. The van der Waals surface area contributed by atoms with E-state index in [2.05, 4.69) is 9.72 Å². The van der Waals surface area contributed by atoms with Crippen LogP contribution in [-0.4, -0.2) is 35.8 Å². The molecule has 2 N–H and O–H groups in total. The molecule has 0 aliphatic rings. The molecule has 0 spiro atoms. The van der Waals surface area contributed by atoms with Gasteiger partial charge in [0.25, 0.3) is 5.91 Å². The van der Waals surface area contributed by atoms with Crippen LogP contribution in [0.3, 0.4) is 0 Å². The van der Waals surface area contributed by atoms with Crippen molar-refractivity contribution in [1.29, 1.82) is 0 Å². The van der Waals surface area contributed by atoms with Crippen LogP contribution in [0.4, 0.5) is 19.0 Å². The van der Waals surface area contributed by atoms with Gasteiger partial charge in [0.1, 0.15) is 5.82 Å². The summed E-state index contributed by atoms with van der Waals surface area (Å²) in [4.78, 5) is 28.4. The quantitative estimate of drug-likeness (QED) is 0.548. The van der Waals surface area contributed by atoms with Gasteiger partial charge in [-0.15, -0.1) is 0 Å². The number of halogens is 5. The van der Waals surface area contributed by atoms with Crippen molar-refractivity contribution in [3.8, 4) is 0 Å². The third kappa shape index (κ3) is 4.48. The smallest absolute Gasteiger partial charge is 0.441 e. The first-order valence-corrected chi connectivity index (χ1v) is 8.39. The van der Waals surface area contributed by atoms with Crippen LogP contribution in [0.2, 0.25) is 10.0 Å². The minimum absolute atomic E-state index is 0.179. The van der Waals surface area contributed by atoms with Crippen LogP contribution in [0.5, 0.6) is 0 Å². The van der Waals surface area contributed by atoms with E-state index in [1.54, 1.807) is 12.2 Å². The molecular weight excluding hydrogens is 422 g/mol. The number of aromatic nitrogens is 1. The number of esters is 1. The molecule has 1 unspecified atom stereocenters. The number of nitrogens with one attached hydrogen (secondary N) is 2. The van der Waals surface area contributed by atoms with Gasteiger partial charge in [0, 0.05) is 11.2 Å². The molecule has 1 aromatic carbocycles. The SMILES string of the molecule is COC(=O)C(NC(=O)c1ccc(Cl)cc1Cl)(Nc1ccc(C)cn1)C(F)(F)F. The summed E-state index contributed by atoms with van der Waals surface area (Å²) in [7, 11) is 0.758. The van der Waals surface area contributed by atoms with Crippen molar-refractivity contribution in [2.75, 3.05) is 12.4 Å². The molecule has 11 heteroatoms. The number of hydrogen-bond donors (Lipinski definition) is 2. The minimum Gasteiger partial charge on any atom is -0.466 e. The van der Waals surface area contributed by atoms with E-state index in [0.717, 1.165) is 13.2 Å². The molecule has 2 rings (SSSR count). The van der Waals surface area contributed by atoms with Gasteiger partial charge in [0.2, 0.25) is 0 Å². The van der Waals surface area contributed by atoms with Gasteiger partial charge in [-0.2, -0.15) is 13.2 Å². The first-order chi connectivity index (χ1) is 13.0. The zero-order valence-electron chi connectivity index (χ0n) is 14.5. The standard InChI is InChI=1S/C17H14Cl2F3N3O3/c1-9-3-6-13(23-8-9)24-16(15(27)28-2,17(20,21)22)25-14(26)11-5-4-10(18)7-12(11)19/h3-8H,1-2H3,(H,23,24)(H,25,26). The number of benzene rings is 1. The fourth-order valence-electron chi connectivity index (χ4n) is 2.19. The number of aryl methyl sites for hydroxylation is 1. The first kappa shape index (κ1) is 21.8. The maximum Gasteiger partial charge on any atom is 0.441 e. The number of alkyl halides is 3. The molecule has 1 atom stereocenters. The van der Waals surface area contributed by atoms with E-state index in [-0.39, 0.29) is 21.4 Å². The average molecular weight is 436 g/mol. The predicted octanol–water partition coefficient (Wildman–Crippen LogP) is 3.97. The van der Waals surface area contributed by atoms with Crippen LogP contribution in [0.15, 0.2) is 36.5 Å². The van der Waals surface area contributed by atoms with Crippen LogP contribution in [0, 0.1) is 6.92 Å². The van der Waals surface area contributed by atoms with Gasteiger partial charge in [-0.1, -0.05) is 29.3 Å². The van der Waals surface area contributed by atoms with Crippen molar-refractivity contribution in [2.24, 2.45) is 0 Å². The summed E-state index contributed by atoms with van der Waals surface area (Å²) in [5, 5.41) is 3.56. The van der Waals surface area contributed by atoms with Gasteiger partial charge in [-0.3, -0.25) is 4.79 Å². The molecule has 0 aliphatic heterocycles. The van der Waals surface area contributed by atoms with Crippen LogP contribution in [0.25, 0.3) is 0 Å². The highest BCUT2D eigenvalue weighted by Gasteiger charge is 2.63. The molecular formula is C17H14Cl2F3N3O3. The largest absolute Gasteiger partial charge is 0.466 e. The Hall–Kier alpha value is -2.52. The lowest BCUT2D eigenvalue weighted by molar-refractivity contribution is -0.203. The summed E-state index contributed by atoms with van der Waals surface area (Å²) < 4.78 is 46.2. The highest BCUT2D eigenvalue weighted by atomic mass is 35.5. The predicted molar refractivity (Wildman–Crippen MR) is 97.3 cm³/mol. The van der Waals surface area contributed by atoms with Crippen molar-refractivity contribution in [2.45, 2.75) is 18.8 Å². The summed E-state index contributed by atoms with van der Waals surface area (Å²) in [5.74, 6) is -3.37. The van der Waals surface area contributed by atoms with Crippen molar-refractivity contribution in [1.82, 2.24) is 10.3 Å². The van der Waals surface area contributed by atoms with Crippen molar-refractivity contribution < 1.29 is 27.5 Å². The maximum absolute atomic E-state index is 14.0. The third-order valence-corrected chi connectivity index (χ3v) is 4.17. The molecule has 0 saturated heterocycles. The molecule has 1 heterocycles. The normalized spacial score (nSPS) is 13.4. The lowest BCUT2D eigenvalue weighted by Gasteiger charge is -2.34. The van der Waals surface area contributed by atoms with E-state index in [0.29, 0.717) is 5.56 Å². The van der Waals surface area contributed by atoms with Crippen molar-refractivity contribution in [3.63, 3.8) is 0 Å². The zero-order valence-corrected chi connectivity index (χ0v) is 16.0. The van der Waals surface area contributed by atoms with E-state index < -0.39 is 23.7 Å². The molecule has 0 aliphatic carbocycles. The first-order valence-electron chi connectivity index (χ1n) is 7.63. The fraction of sp³-hybridized carbons (Fsp3) is 0.235. The topological polar surface area (TPSA) is 80.3 Å². The maximum atomic E-state index is 14.0. The summed E-state index contributed by atoms with van der Waals surface area (Å²) in [6.45, 7) is 1.68. The Bertz CT molecular complexity index is 891. The van der Waals surface area contributed by atoms with Gasteiger partial charge in [-0.05, 0) is 36.8 Å². The van der Waals surface area contributed by atoms with Crippen molar-refractivity contribution in [3.05, 3.63) is 57.7 Å².